The molecule has 0 aromatic rings. The number of carbonyl (C=O) groups excluding carboxylic acids is 3. The van der Waals surface area contributed by atoms with Gasteiger partial charge in [0.15, 0.2) is 0 Å². The molecule has 8 nitrogen and oxygen atoms in total. The number of unbranched alkanes of at least 4 members (excludes halogenated alkanes) is 3. The highest BCUT2D eigenvalue weighted by Gasteiger charge is 2.46. The highest BCUT2D eigenvalue weighted by atomic mass is 16.5. The van der Waals surface area contributed by atoms with Gasteiger partial charge >= 0.3 is 11.9 Å². The Kier molecular flexibility index (Phi) is 13.8. The highest BCUT2D eigenvalue weighted by molar-refractivity contribution is 5.83. The molecule has 8 heteroatoms. The van der Waals surface area contributed by atoms with Gasteiger partial charge in [-0.25, -0.2) is 0 Å². The number of carbonyl (C=O) groups is 4. The quantitative estimate of drug-likeness (QED) is 0.187. The van der Waals surface area contributed by atoms with E-state index in [1.165, 1.54) is 0 Å². The van der Waals surface area contributed by atoms with E-state index in [0.717, 1.165) is 38.5 Å². The van der Waals surface area contributed by atoms with Crippen LogP contribution in [0.2, 0.25) is 0 Å². The molecule has 0 aromatic heterocycles. The Morgan fingerprint density at radius 3 is 1.92 bits per heavy atom. The predicted molar refractivity (Wildman–Crippen MR) is 149 cm³/mol. The minimum Gasteiger partial charge on any atom is -0.481 e. The molecular formula is C30H54N2O6. The molecule has 0 spiro atoms. The van der Waals surface area contributed by atoms with E-state index >= 15 is 0 Å². The van der Waals surface area contributed by atoms with E-state index in [1.807, 2.05) is 0 Å². The summed E-state index contributed by atoms with van der Waals surface area (Å²) in [7, 11) is 0. The fourth-order valence-electron chi connectivity index (χ4n) is 5.26. The Labute approximate surface area is 230 Å². The lowest BCUT2D eigenvalue weighted by Crippen LogP contribution is -2.49. The van der Waals surface area contributed by atoms with Crippen molar-refractivity contribution < 1.29 is 29.0 Å². The van der Waals surface area contributed by atoms with Crippen molar-refractivity contribution in [2.75, 3.05) is 19.7 Å². The van der Waals surface area contributed by atoms with Gasteiger partial charge in [0.1, 0.15) is 0 Å². The number of rotatable bonds is 15. The Bertz CT molecular complexity index is 783. The number of aliphatic carboxylic acids is 1. The van der Waals surface area contributed by atoms with Crippen LogP contribution in [0, 0.1) is 28.1 Å². The Balaban J connectivity index is 2.16. The van der Waals surface area contributed by atoms with E-state index in [1.54, 1.807) is 0 Å². The second-order valence-corrected chi connectivity index (χ2v) is 13.4. The van der Waals surface area contributed by atoms with Crippen molar-refractivity contribution in [2.45, 2.75) is 119 Å². The lowest BCUT2D eigenvalue weighted by molar-refractivity contribution is -0.159. The summed E-state index contributed by atoms with van der Waals surface area (Å²) in [6, 6.07) is 0. The van der Waals surface area contributed by atoms with Gasteiger partial charge in [-0.2, -0.15) is 0 Å². The maximum Gasteiger partial charge on any atom is 0.309 e. The van der Waals surface area contributed by atoms with Gasteiger partial charge in [-0.1, -0.05) is 61.3 Å². The number of ether oxygens (including phenoxy) is 1. The number of nitrogens with one attached hydrogen (secondary N) is 2. The van der Waals surface area contributed by atoms with Crippen molar-refractivity contribution in [3.05, 3.63) is 0 Å². The molecule has 1 rings (SSSR count). The van der Waals surface area contributed by atoms with Crippen molar-refractivity contribution >= 4 is 23.8 Å². The molecule has 0 radical (unpaired) electrons. The van der Waals surface area contributed by atoms with Crippen LogP contribution in [0.5, 0.6) is 0 Å². The van der Waals surface area contributed by atoms with Crippen LogP contribution in [0.15, 0.2) is 0 Å². The number of amides is 2. The summed E-state index contributed by atoms with van der Waals surface area (Å²) in [5.74, 6) is -2.45. The van der Waals surface area contributed by atoms with E-state index in [4.69, 9.17) is 4.74 Å². The second-order valence-electron chi connectivity index (χ2n) is 13.4. The zero-order valence-electron chi connectivity index (χ0n) is 25.0. The molecule has 0 bridgehead atoms. The molecular weight excluding hydrogens is 484 g/mol. The van der Waals surface area contributed by atoms with Crippen molar-refractivity contribution in [1.29, 1.82) is 0 Å². The zero-order valence-corrected chi connectivity index (χ0v) is 25.0. The number of carboxylic acids is 1. The molecule has 2 amide bonds. The molecule has 3 atom stereocenters. The lowest BCUT2D eigenvalue weighted by atomic mass is 9.61. The fraction of sp³-hybridized carbons (Fsp3) is 0.867. The third-order valence-electron chi connectivity index (χ3n) is 7.93. The predicted octanol–water partition coefficient (Wildman–Crippen LogP) is 5.48. The van der Waals surface area contributed by atoms with Crippen LogP contribution in [0.1, 0.15) is 119 Å². The van der Waals surface area contributed by atoms with Crippen molar-refractivity contribution in [3.63, 3.8) is 0 Å². The highest BCUT2D eigenvalue weighted by Crippen LogP contribution is 2.46. The molecule has 0 heterocycles. The third-order valence-corrected chi connectivity index (χ3v) is 7.93. The molecule has 3 N–H and O–H groups in total. The average Bonchev–Trinajstić information content (AvgIpc) is 2.81. The van der Waals surface area contributed by atoms with Crippen LogP contribution >= 0.6 is 0 Å². The lowest BCUT2D eigenvalue weighted by Gasteiger charge is -2.44. The van der Waals surface area contributed by atoms with Gasteiger partial charge in [0.25, 0.3) is 0 Å². The first-order valence-electron chi connectivity index (χ1n) is 14.5. The van der Waals surface area contributed by atoms with E-state index in [2.05, 4.69) is 59.1 Å². The molecule has 1 aliphatic rings. The van der Waals surface area contributed by atoms with Crippen molar-refractivity contribution in [1.82, 2.24) is 10.6 Å². The molecule has 1 aliphatic carbocycles. The van der Waals surface area contributed by atoms with Crippen LogP contribution < -0.4 is 10.6 Å². The molecule has 220 valence electrons. The number of carboxylic acid groups (broad SMARTS) is 1. The van der Waals surface area contributed by atoms with Gasteiger partial charge < -0.3 is 20.5 Å². The van der Waals surface area contributed by atoms with Crippen LogP contribution in [-0.2, 0) is 23.9 Å². The largest absolute Gasteiger partial charge is 0.481 e. The third kappa shape index (κ3) is 11.7. The summed E-state index contributed by atoms with van der Waals surface area (Å²) in [5, 5.41) is 15.4. The summed E-state index contributed by atoms with van der Waals surface area (Å²) >= 11 is 0. The van der Waals surface area contributed by atoms with Crippen molar-refractivity contribution in [2.24, 2.45) is 28.1 Å². The summed E-state index contributed by atoms with van der Waals surface area (Å²) in [6.07, 6.45) is 7.79. The van der Waals surface area contributed by atoms with Crippen LogP contribution in [-0.4, -0.2) is 48.6 Å². The first-order chi connectivity index (χ1) is 17.6. The van der Waals surface area contributed by atoms with Crippen LogP contribution in [0.25, 0.3) is 0 Å². The number of esters is 1. The minimum absolute atomic E-state index is 0.0222. The summed E-state index contributed by atoms with van der Waals surface area (Å²) in [6.45, 7) is 16.4. The smallest absolute Gasteiger partial charge is 0.309 e. The van der Waals surface area contributed by atoms with Gasteiger partial charge in [-0.15, -0.1) is 0 Å². The van der Waals surface area contributed by atoms with Gasteiger partial charge in [-0.05, 0) is 62.2 Å². The maximum absolute atomic E-state index is 13.1. The molecule has 0 aromatic carbocycles. The summed E-state index contributed by atoms with van der Waals surface area (Å²) in [5.41, 5.74) is -0.536. The fourth-order valence-corrected chi connectivity index (χ4v) is 5.26. The van der Waals surface area contributed by atoms with Crippen LogP contribution in [0.4, 0.5) is 0 Å². The maximum atomic E-state index is 13.1. The van der Waals surface area contributed by atoms with Gasteiger partial charge in [0.05, 0.1) is 23.9 Å². The molecule has 38 heavy (non-hydrogen) atoms. The Morgan fingerprint density at radius 2 is 1.37 bits per heavy atom. The molecule has 3 unspecified atom stereocenters. The van der Waals surface area contributed by atoms with Crippen LogP contribution in [0.3, 0.4) is 0 Å². The van der Waals surface area contributed by atoms with Crippen molar-refractivity contribution in [3.8, 4) is 0 Å². The SMILES string of the molecule is CC(C)(C)CC(C)(C(=O)NCCCCCNC(=O)CCCCOC(=O)C1CCCCC1C(=O)O)C(C)(C)C. The zero-order chi connectivity index (χ0) is 29.0. The topological polar surface area (TPSA) is 122 Å². The van der Waals surface area contributed by atoms with Gasteiger partial charge in [0.2, 0.25) is 11.8 Å². The van der Waals surface area contributed by atoms with Gasteiger partial charge in [0, 0.05) is 19.5 Å². The Morgan fingerprint density at radius 1 is 0.789 bits per heavy atom. The molecule has 0 aliphatic heterocycles. The van der Waals surface area contributed by atoms with E-state index in [9.17, 15) is 24.3 Å². The van der Waals surface area contributed by atoms with Gasteiger partial charge in [-0.3, -0.25) is 19.2 Å². The molecule has 0 saturated heterocycles. The van der Waals surface area contributed by atoms with E-state index in [0.29, 0.717) is 45.2 Å². The normalized spacial score (nSPS) is 19.8. The average molecular weight is 539 g/mol. The molecule has 1 fully saturated rings. The minimum atomic E-state index is -0.923. The molecule has 1 saturated carbocycles. The Hall–Kier alpha value is -2.12. The number of hydrogen-bond acceptors (Lipinski definition) is 5. The summed E-state index contributed by atoms with van der Waals surface area (Å²) in [4.78, 5) is 48.7. The first kappa shape index (κ1) is 33.9. The second kappa shape index (κ2) is 15.5. The first-order valence-corrected chi connectivity index (χ1v) is 14.5. The number of hydrogen-bond donors (Lipinski definition) is 3. The van der Waals surface area contributed by atoms with E-state index < -0.39 is 29.2 Å². The standard InChI is InChI=1S/C30H54N2O6/c1-28(2,3)21-30(7,29(4,5)6)27(37)32-19-13-8-12-18-31-24(33)17-11-14-20-38-26(36)23-16-10-9-15-22(23)25(34)35/h22-23H,8-21H2,1-7H3,(H,31,33)(H,32,37)(H,34,35). The monoisotopic (exact) mass is 538 g/mol. The summed E-state index contributed by atoms with van der Waals surface area (Å²) < 4.78 is 5.30. The van der Waals surface area contributed by atoms with E-state index in [-0.39, 0.29) is 29.3 Å².